The quantitative estimate of drug-likeness (QED) is 0.471. The number of hydrogen-bond donors (Lipinski definition) is 1. The molecule has 1 aromatic carbocycles. The van der Waals surface area contributed by atoms with Crippen molar-refractivity contribution in [2.45, 2.75) is 38.5 Å². The smallest absolute Gasteiger partial charge is 0.159 e. The minimum absolute atomic E-state index is 0.0410. The molecular weight excluding hydrogens is 312 g/mol. The molecule has 1 fully saturated rings. The summed E-state index contributed by atoms with van der Waals surface area (Å²) in [4.78, 5) is 15.9. The van der Waals surface area contributed by atoms with Gasteiger partial charge in [0.25, 0.3) is 0 Å². The fourth-order valence-electron chi connectivity index (χ4n) is 2.39. The average Bonchev–Trinajstić information content (AvgIpc) is 3.05. The molecule has 1 aliphatic rings. The first-order valence-electron chi connectivity index (χ1n) is 7.91. The van der Waals surface area contributed by atoms with Crippen LogP contribution in [0.3, 0.4) is 0 Å². The SMILES string of the molecule is CCOc1ccc(C(C)=O)cc1CSC(N)=NC[C@@H]1CCCO1. The molecule has 126 valence electrons. The highest BCUT2D eigenvalue weighted by Crippen LogP contribution is 2.25. The monoisotopic (exact) mass is 336 g/mol. The largest absolute Gasteiger partial charge is 0.494 e. The zero-order chi connectivity index (χ0) is 16.7. The summed E-state index contributed by atoms with van der Waals surface area (Å²) in [7, 11) is 0. The second-order valence-corrected chi connectivity index (χ2v) is 6.41. The van der Waals surface area contributed by atoms with Crippen molar-refractivity contribution < 1.29 is 14.3 Å². The standard InChI is InChI=1S/C17H24N2O3S/c1-3-21-16-7-6-13(12(2)20)9-14(16)11-23-17(18)19-10-15-5-4-8-22-15/h6-7,9,15H,3-5,8,10-11H2,1-2H3,(H2,18,19)/t15-/m0/s1. The first kappa shape index (κ1) is 17.8. The molecule has 0 spiro atoms. The molecule has 0 unspecified atom stereocenters. The summed E-state index contributed by atoms with van der Waals surface area (Å²) in [6.45, 7) is 5.52. The summed E-state index contributed by atoms with van der Waals surface area (Å²) in [6.07, 6.45) is 2.36. The minimum Gasteiger partial charge on any atom is -0.494 e. The van der Waals surface area contributed by atoms with Gasteiger partial charge in [-0.3, -0.25) is 9.79 Å². The highest BCUT2D eigenvalue weighted by molar-refractivity contribution is 8.13. The summed E-state index contributed by atoms with van der Waals surface area (Å²) in [5.41, 5.74) is 7.61. The minimum atomic E-state index is 0.0410. The first-order valence-corrected chi connectivity index (χ1v) is 8.89. The second kappa shape index (κ2) is 8.93. The van der Waals surface area contributed by atoms with E-state index in [-0.39, 0.29) is 11.9 Å². The topological polar surface area (TPSA) is 73.9 Å². The van der Waals surface area contributed by atoms with E-state index in [2.05, 4.69) is 4.99 Å². The van der Waals surface area contributed by atoms with E-state index in [1.54, 1.807) is 13.0 Å². The van der Waals surface area contributed by atoms with E-state index in [0.717, 1.165) is 30.8 Å². The zero-order valence-electron chi connectivity index (χ0n) is 13.7. The number of amidine groups is 1. The molecule has 1 aliphatic heterocycles. The van der Waals surface area contributed by atoms with E-state index >= 15 is 0 Å². The number of Topliss-reactive ketones (excluding diaryl/α,β-unsaturated/α-hetero) is 1. The third-order valence-corrected chi connectivity index (χ3v) is 4.50. The Morgan fingerprint density at radius 3 is 3.00 bits per heavy atom. The maximum absolute atomic E-state index is 11.5. The number of nitrogens with two attached hydrogens (primary N) is 1. The number of benzene rings is 1. The third-order valence-electron chi connectivity index (χ3n) is 3.62. The highest BCUT2D eigenvalue weighted by Gasteiger charge is 2.15. The summed E-state index contributed by atoms with van der Waals surface area (Å²) in [6, 6.07) is 5.50. The van der Waals surface area contributed by atoms with Crippen LogP contribution in [-0.2, 0) is 10.5 Å². The van der Waals surface area contributed by atoms with Crippen molar-refractivity contribution in [3.63, 3.8) is 0 Å². The van der Waals surface area contributed by atoms with Gasteiger partial charge in [0.2, 0.25) is 0 Å². The van der Waals surface area contributed by atoms with Gasteiger partial charge in [0.1, 0.15) is 5.75 Å². The Kier molecular flexibility index (Phi) is 6.92. The Balaban J connectivity index is 1.98. The van der Waals surface area contributed by atoms with E-state index in [0.29, 0.717) is 29.6 Å². The van der Waals surface area contributed by atoms with Crippen molar-refractivity contribution in [2.24, 2.45) is 10.7 Å². The highest BCUT2D eigenvalue weighted by atomic mass is 32.2. The number of carbonyl (C=O) groups is 1. The molecule has 0 saturated carbocycles. The van der Waals surface area contributed by atoms with Crippen LogP contribution in [0.4, 0.5) is 0 Å². The molecule has 0 aliphatic carbocycles. The van der Waals surface area contributed by atoms with Crippen LogP contribution in [0.5, 0.6) is 5.75 Å². The molecule has 0 bridgehead atoms. The van der Waals surface area contributed by atoms with Crippen molar-refractivity contribution in [1.82, 2.24) is 0 Å². The molecule has 1 heterocycles. The van der Waals surface area contributed by atoms with Crippen LogP contribution in [0, 0.1) is 0 Å². The predicted molar refractivity (Wildman–Crippen MR) is 94.4 cm³/mol. The van der Waals surface area contributed by atoms with Gasteiger partial charge in [0.05, 0.1) is 19.3 Å². The number of ketones is 1. The molecule has 1 atom stereocenters. The summed E-state index contributed by atoms with van der Waals surface area (Å²) in [5, 5.41) is 0.538. The van der Waals surface area contributed by atoms with E-state index in [4.69, 9.17) is 15.2 Å². The van der Waals surface area contributed by atoms with Crippen LogP contribution in [0.2, 0.25) is 0 Å². The lowest BCUT2D eigenvalue weighted by molar-refractivity contribution is 0.101. The first-order chi connectivity index (χ1) is 11.1. The zero-order valence-corrected chi connectivity index (χ0v) is 14.5. The predicted octanol–water partition coefficient (Wildman–Crippen LogP) is 3.01. The molecule has 0 amide bonds. The maximum Gasteiger partial charge on any atom is 0.159 e. The van der Waals surface area contributed by atoms with E-state index in [1.807, 2.05) is 19.1 Å². The fraction of sp³-hybridized carbons (Fsp3) is 0.529. The van der Waals surface area contributed by atoms with Crippen molar-refractivity contribution in [2.75, 3.05) is 19.8 Å². The molecule has 23 heavy (non-hydrogen) atoms. The van der Waals surface area contributed by atoms with Crippen LogP contribution in [0.15, 0.2) is 23.2 Å². The molecule has 6 heteroatoms. The Morgan fingerprint density at radius 1 is 1.52 bits per heavy atom. The Bertz CT molecular complexity index is 569. The van der Waals surface area contributed by atoms with E-state index < -0.39 is 0 Å². The van der Waals surface area contributed by atoms with E-state index in [1.165, 1.54) is 11.8 Å². The van der Waals surface area contributed by atoms with Crippen molar-refractivity contribution in [1.29, 1.82) is 0 Å². The van der Waals surface area contributed by atoms with Gasteiger partial charge in [-0.1, -0.05) is 11.8 Å². The average molecular weight is 336 g/mol. The van der Waals surface area contributed by atoms with Crippen LogP contribution >= 0.6 is 11.8 Å². The van der Waals surface area contributed by atoms with Gasteiger partial charge in [0, 0.05) is 23.5 Å². The normalized spacial score (nSPS) is 18.2. The Labute approximate surface area is 141 Å². The molecule has 0 radical (unpaired) electrons. The number of rotatable bonds is 7. The number of thioether (sulfide) groups is 1. The second-order valence-electron chi connectivity index (χ2n) is 5.41. The van der Waals surface area contributed by atoms with E-state index in [9.17, 15) is 4.79 Å². The summed E-state index contributed by atoms with van der Waals surface area (Å²) >= 11 is 1.45. The molecular formula is C17H24N2O3S. The molecule has 2 N–H and O–H groups in total. The number of ether oxygens (including phenoxy) is 2. The lowest BCUT2D eigenvalue weighted by Gasteiger charge is -2.11. The van der Waals surface area contributed by atoms with Crippen LogP contribution in [0.25, 0.3) is 0 Å². The van der Waals surface area contributed by atoms with Gasteiger partial charge >= 0.3 is 0 Å². The fourth-order valence-corrected chi connectivity index (χ4v) is 3.08. The van der Waals surface area contributed by atoms with Crippen molar-refractivity contribution >= 4 is 22.7 Å². The molecule has 5 nitrogen and oxygen atoms in total. The van der Waals surface area contributed by atoms with Crippen molar-refractivity contribution in [3.05, 3.63) is 29.3 Å². The molecule has 2 rings (SSSR count). The third kappa shape index (κ3) is 5.55. The van der Waals surface area contributed by atoms with Gasteiger partial charge in [0.15, 0.2) is 11.0 Å². The Hall–Kier alpha value is -1.53. The van der Waals surface area contributed by atoms with Crippen molar-refractivity contribution in [3.8, 4) is 5.75 Å². The summed E-state index contributed by atoms with van der Waals surface area (Å²) in [5.74, 6) is 1.45. The lowest BCUT2D eigenvalue weighted by atomic mass is 10.1. The van der Waals surface area contributed by atoms with Gasteiger partial charge < -0.3 is 15.2 Å². The number of carbonyl (C=O) groups excluding carboxylic acids is 1. The Morgan fingerprint density at radius 2 is 2.35 bits per heavy atom. The molecule has 1 saturated heterocycles. The summed E-state index contributed by atoms with van der Waals surface area (Å²) < 4.78 is 11.1. The maximum atomic E-state index is 11.5. The van der Waals surface area contributed by atoms with Gasteiger partial charge in [-0.05, 0) is 44.9 Å². The van der Waals surface area contributed by atoms with Gasteiger partial charge in [-0.2, -0.15) is 0 Å². The number of hydrogen-bond acceptors (Lipinski definition) is 5. The van der Waals surface area contributed by atoms with Gasteiger partial charge in [-0.15, -0.1) is 0 Å². The van der Waals surface area contributed by atoms with Crippen LogP contribution in [0.1, 0.15) is 42.6 Å². The lowest BCUT2D eigenvalue weighted by Crippen LogP contribution is -2.14. The molecule has 1 aromatic rings. The number of nitrogens with zero attached hydrogens (tertiary/aromatic N) is 1. The number of aliphatic imine (C=N–C) groups is 1. The van der Waals surface area contributed by atoms with Crippen LogP contribution in [-0.4, -0.2) is 36.8 Å². The molecule has 0 aromatic heterocycles. The van der Waals surface area contributed by atoms with Gasteiger partial charge in [-0.25, -0.2) is 0 Å². The van der Waals surface area contributed by atoms with Crippen LogP contribution < -0.4 is 10.5 Å².